The minimum atomic E-state index is -0.609. The van der Waals surface area contributed by atoms with Gasteiger partial charge in [-0.3, -0.25) is 4.79 Å². The van der Waals surface area contributed by atoms with Gasteiger partial charge in [0.1, 0.15) is 11.3 Å². The molecule has 0 aliphatic heterocycles. The number of hydrogen-bond acceptors (Lipinski definition) is 5. The SMILES string of the molecule is C[C@H](O)CNC(=O)COc1ccc(-c2cc3cc(Br)ccc3oc2=O)cc1. The van der Waals surface area contributed by atoms with Crippen LogP contribution in [0.25, 0.3) is 22.1 Å². The summed E-state index contributed by atoms with van der Waals surface area (Å²) in [7, 11) is 0. The minimum absolute atomic E-state index is 0.155. The highest BCUT2D eigenvalue weighted by Crippen LogP contribution is 2.25. The normalized spacial score (nSPS) is 12.0. The number of carbonyl (C=O) groups is 1. The molecule has 3 aromatic rings. The standard InChI is InChI=1S/C20H18BrNO5/c1-12(23)10-22-19(24)11-26-16-5-2-13(3-6-16)17-9-14-8-15(21)4-7-18(14)27-20(17)25/h2-9,12,23H,10-11H2,1H3,(H,22,24)/t12-/m0/s1. The van der Waals surface area contributed by atoms with Gasteiger partial charge in [0.25, 0.3) is 5.91 Å². The second-order valence-corrected chi connectivity index (χ2v) is 7.01. The molecule has 1 heterocycles. The van der Waals surface area contributed by atoms with Gasteiger partial charge in [0.05, 0.1) is 11.7 Å². The lowest BCUT2D eigenvalue weighted by molar-refractivity contribution is -0.123. The van der Waals surface area contributed by atoms with Crippen LogP contribution in [0.5, 0.6) is 5.75 Å². The molecule has 0 bridgehead atoms. The van der Waals surface area contributed by atoms with Gasteiger partial charge in [0, 0.05) is 16.4 Å². The van der Waals surface area contributed by atoms with Gasteiger partial charge in [0.15, 0.2) is 6.61 Å². The summed E-state index contributed by atoms with van der Waals surface area (Å²) >= 11 is 3.41. The van der Waals surface area contributed by atoms with E-state index in [1.165, 1.54) is 0 Å². The van der Waals surface area contributed by atoms with Crippen LogP contribution >= 0.6 is 15.9 Å². The highest BCUT2D eigenvalue weighted by molar-refractivity contribution is 9.10. The van der Waals surface area contributed by atoms with E-state index in [9.17, 15) is 9.59 Å². The van der Waals surface area contributed by atoms with Crippen LogP contribution in [0.1, 0.15) is 6.92 Å². The number of rotatable bonds is 6. The van der Waals surface area contributed by atoms with Gasteiger partial charge in [-0.1, -0.05) is 28.1 Å². The zero-order chi connectivity index (χ0) is 19.4. The van der Waals surface area contributed by atoms with Gasteiger partial charge in [-0.25, -0.2) is 4.79 Å². The van der Waals surface area contributed by atoms with E-state index >= 15 is 0 Å². The number of benzene rings is 2. The molecule has 1 aromatic heterocycles. The van der Waals surface area contributed by atoms with E-state index in [4.69, 9.17) is 14.3 Å². The van der Waals surface area contributed by atoms with Crippen LogP contribution < -0.4 is 15.7 Å². The van der Waals surface area contributed by atoms with Gasteiger partial charge < -0.3 is 19.6 Å². The van der Waals surface area contributed by atoms with Crippen molar-refractivity contribution in [2.45, 2.75) is 13.0 Å². The lowest BCUT2D eigenvalue weighted by atomic mass is 10.1. The number of nitrogens with one attached hydrogen (secondary N) is 1. The Hall–Kier alpha value is -2.64. The maximum Gasteiger partial charge on any atom is 0.344 e. The molecule has 6 nitrogen and oxygen atoms in total. The van der Waals surface area contributed by atoms with Gasteiger partial charge in [-0.15, -0.1) is 0 Å². The van der Waals surface area contributed by atoms with Crippen molar-refractivity contribution in [1.29, 1.82) is 0 Å². The van der Waals surface area contributed by atoms with Crippen LogP contribution in [-0.2, 0) is 4.79 Å². The average Bonchev–Trinajstić information content (AvgIpc) is 2.65. The molecule has 2 aromatic carbocycles. The first kappa shape index (κ1) is 19.1. The van der Waals surface area contributed by atoms with Crippen molar-refractivity contribution < 1.29 is 19.1 Å². The topological polar surface area (TPSA) is 88.8 Å². The molecule has 0 aliphatic rings. The second kappa shape index (κ2) is 8.37. The number of amides is 1. The number of halogens is 1. The molecule has 0 fully saturated rings. The molecule has 0 aliphatic carbocycles. The third kappa shape index (κ3) is 4.96. The monoisotopic (exact) mass is 431 g/mol. The Balaban J connectivity index is 1.73. The zero-order valence-electron chi connectivity index (χ0n) is 14.6. The molecule has 1 atom stereocenters. The third-order valence-corrected chi connectivity index (χ3v) is 4.32. The first-order chi connectivity index (χ1) is 12.9. The Morgan fingerprint density at radius 2 is 1.96 bits per heavy atom. The molecule has 27 heavy (non-hydrogen) atoms. The summed E-state index contributed by atoms with van der Waals surface area (Å²) in [6.07, 6.45) is -0.609. The summed E-state index contributed by atoms with van der Waals surface area (Å²) < 4.78 is 11.7. The summed E-state index contributed by atoms with van der Waals surface area (Å²) in [5, 5.41) is 12.5. The van der Waals surface area contributed by atoms with Crippen molar-refractivity contribution in [3.8, 4) is 16.9 Å². The number of aliphatic hydroxyl groups excluding tert-OH is 1. The Labute approximate surface area is 163 Å². The van der Waals surface area contributed by atoms with Crippen molar-refractivity contribution in [1.82, 2.24) is 5.32 Å². The van der Waals surface area contributed by atoms with E-state index in [0.29, 0.717) is 22.5 Å². The molecular weight excluding hydrogens is 414 g/mol. The average molecular weight is 432 g/mol. The van der Waals surface area contributed by atoms with E-state index in [-0.39, 0.29) is 19.1 Å². The van der Waals surface area contributed by atoms with E-state index in [2.05, 4.69) is 21.2 Å². The van der Waals surface area contributed by atoms with Crippen LogP contribution in [0.2, 0.25) is 0 Å². The maximum absolute atomic E-state index is 12.3. The molecule has 2 N–H and O–H groups in total. The predicted octanol–water partition coefficient (Wildman–Crippen LogP) is 3.10. The highest BCUT2D eigenvalue weighted by Gasteiger charge is 2.09. The zero-order valence-corrected chi connectivity index (χ0v) is 16.2. The Bertz CT molecular complexity index is 1010. The number of fused-ring (bicyclic) bond motifs is 1. The lowest BCUT2D eigenvalue weighted by Crippen LogP contribution is -2.34. The largest absolute Gasteiger partial charge is 0.484 e. The van der Waals surface area contributed by atoms with Gasteiger partial charge in [0.2, 0.25) is 0 Å². The van der Waals surface area contributed by atoms with Gasteiger partial charge >= 0.3 is 5.63 Å². The van der Waals surface area contributed by atoms with Gasteiger partial charge in [-0.05, 0) is 48.9 Å². The molecule has 0 saturated carbocycles. The van der Waals surface area contributed by atoms with E-state index in [0.717, 1.165) is 9.86 Å². The molecule has 0 radical (unpaired) electrons. The predicted molar refractivity (Wildman–Crippen MR) is 106 cm³/mol. The number of hydrogen-bond donors (Lipinski definition) is 2. The van der Waals surface area contributed by atoms with Crippen LogP contribution in [0.15, 0.2) is 62.2 Å². The molecule has 0 spiro atoms. The Morgan fingerprint density at radius 3 is 2.67 bits per heavy atom. The molecule has 0 unspecified atom stereocenters. The van der Waals surface area contributed by atoms with Crippen molar-refractivity contribution in [3.05, 3.63) is 63.4 Å². The van der Waals surface area contributed by atoms with Crippen LogP contribution in [-0.4, -0.2) is 30.3 Å². The van der Waals surface area contributed by atoms with E-state index in [1.54, 1.807) is 43.3 Å². The van der Waals surface area contributed by atoms with E-state index in [1.807, 2.05) is 12.1 Å². The summed E-state index contributed by atoms with van der Waals surface area (Å²) in [6, 6.07) is 14.1. The fourth-order valence-electron chi connectivity index (χ4n) is 2.49. The molecule has 0 saturated heterocycles. The van der Waals surface area contributed by atoms with Crippen molar-refractivity contribution in [2.75, 3.05) is 13.2 Å². The molecule has 1 amide bonds. The quantitative estimate of drug-likeness (QED) is 0.585. The second-order valence-electron chi connectivity index (χ2n) is 6.10. The lowest BCUT2D eigenvalue weighted by Gasteiger charge is -2.09. The highest BCUT2D eigenvalue weighted by atomic mass is 79.9. The summed E-state index contributed by atoms with van der Waals surface area (Å²) in [4.78, 5) is 23.9. The number of ether oxygens (including phenoxy) is 1. The van der Waals surface area contributed by atoms with Crippen molar-refractivity contribution in [2.24, 2.45) is 0 Å². The van der Waals surface area contributed by atoms with E-state index < -0.39 is 11.7 Å². The molecule has 140 valence electrons. The van der Waals surface area contributed by atoms with Crippen LogP contribution in [0.3, 0.4) is 0 Å². The first-order valence-electron chi connectivity index (χ1n) is 8.34. The fourth-order valence-corrected chi connectivity index (χ4v) is 2.87. The summed E-state index contributed by atoms with van der Waals surface area (Å²) in [6.45, 7) is 1.61. The smallest absolute Gasteiger partial charge is 0.344 e. The molecular formula is C20H18BrNO5. The van der Waals surface area contributed by atoms with Crippen molar-refractivity contribution >= 4 is 32.8 Å². The number of carbonyl (C=O) groups excluding carboxylic acids is 1. The van der Waals surface area contributed by atoms with Crippen molar-refractivity contribution in [3.63, 3.8) is 0 Å². The maximum atomic E-state index is 12.3. The van der Waals surface area contributed by atoms with Crippen LogP contribution in [0.4, 0.5) is 0 Å². The Kier molecular flexibility index (Phi) is 5.93. The summed E-state index contributed by atoms with van der Waals surface area (Å²) in [5.74, 6) is 0.180. The van der Waals surface area contributed by atoms with Gasteiger partial charge in [-0.2, -0.15) is 0 Å². The summed E-state index contributed by atoms with van der Waals surface area (Å²) in [5.41, 5.74) is 1.24. The minimum Gasteiger partial charge on any atom is -0.484 e. The Morgan fingerprint density at radius 1 is 1.22 bits per heavy atom. The van der Waals surface area contributed by atoms with Crippen LogP contribution in [0, 0.1) is 0 Å². The fraction of sp³-hybridized carbons (Fsp3) is 0.200. The first-order valence-corrected chi connectivity index (χ1v) is 9.13. The molecule has 3 rings (SSSR count). The molecule has 7 heteroatoms. The number of aliphatic hydroxyl groups is 1. The third-order valence-electron chi connectivity index (χ3n) is 3.82.